The topological polar surface area (TPSA) is 114 Å². The summed E-state index contributed by atoms with van der Waals surface area (Å²) in [5.41, 5.74) is 6.44. The van der Waals surface area contributed by atoms with E-state index in [-0.39, 0.29) is 17.9 Å². The van der Waals surface area contributed by atoms with Gasteiger partial charge in [-0.05, 0) is 60.5 Å². The van der Waals surface area contributed by atoms with E-state index in [9.17, 15) is 18.0 Å². The van der Waals surface area contributed by atoms with Crippen LogP contribution >= 0.6 is 0 Å². The van der Waals surface area contributed by atoms with Gasteiger partial charge in [0, 0.05) is 12.1 Å². The van der Waals surface area contributed by atoms with Gasteiger partial charge in [0.2, 0.25) is 10.0 Å². The monoisotopic (exact) mass is 495 g/mol. The highest BCUT2D eigenvalue weighted by molar-refractivity contribution is 7.93. The van der Waals surface area contributed by atoms with E-state index in [2.05, 4.69) is 10.9 Å². The number of nitrogens with one attached hydrogen (secondary N) is 2. The van der Waals surface area contributed by atoms with E-state index in [1.54, 1.807) is 36.4 Å². The summed E-state index contributed by atoms with van der Waals surface area (Å²) < 4.78 is 36.5. The molecule has 35 heavy (non-hydrogen) atoms. The minimum atomic E-state index is -3.29. The first-order valence-corrected chi connectivity index (χ1v) is 12.6. The lowest BCUT2D eigenvalue weighted by Crippen LogP contribution is -2.43. The smallest absolute Gasteiger partial charge is 0.276 e. The van der Waals surface area contributed by atoms with Crippen LogP contribution in [-0.2, 0) is 21.4 Å². The molecule has 0 aliphatic carbocycles. The molecule has 0 unspecified atom stereocenters. The van der Waals surface area contributed by atoms with Crippen LogP contribution in [0.1, 0.15) is 22.3 Å². The Morgan fingerprint density at radius 3 is 2.11 bits per heavy atom. The Hall–Kier alpha value is -4.05. The fourth-order valence-corrected chi connectivity index (χ4v) is 5.03. The number of anilines is 1. The number of ether oxygens (including phenoxy) is 2. The highest BCUT2D eigenvalue weighted by Crippen LogP contribution is 2.24. The molecule has 0 aromatic heterocycles. The fraction of sp³-hybridized carbons (Fsp3) is 0.200. The number of rotatable bonds is 8. The molecule has 3 aromatic carbocycles. The number of hydrogen-bond acceptors (Lipinski definition) is 6. The summed E-state index contributed by atoms with van der Waals surface area (Å²) in [6.45, 7) is 0.576. The van der Waals surface area contributed by atoms with E-state index in [1.807, 2.05) is 30.3 Å². The van der Waals surface area contributed by atoms with E-state index >= 15 is 0 Å². The largest absolute Gasteiger partial charge is 0.489 e. The fourth-order valence-electron chi connectivity index (χ4n) is 3.47. The quantitative estimate of drug-likeness (QED) is 0.465. The van der Waals surface area contributed by atoms with Gasteiger partial charge in [0.1, 0.15) is 18.1 Å². The predicted molar refractivity (Wildman–Crippen MR) is 131 cm³/mol. The van der Waals surface area contributed by atoms with E-state index in [4.69, 9.17) is 9.47 Å². The molecule has 0 radical (unpaired) electrons. The van der Waals surface area contributed by atoms with Crippen molar-refractivity contribution in [2.75, 3.05) is 23.2 Å². The van der Waals surface area contributed by atoms with Crippen LogP contribution in [0.15, 0.2) is 78.9 Å². The van der Waals surface area contributed by atoms with Crippen LogP contribution in [-0.4, -0.2) is 39.1 Å². The van der Waals surface area contributed by atoms with Crippen LogP contribution in [0.5, 0.6) is 11.5 Å². The molecule has 182 valence electrons. The Kier molecular flexibility index (Phi) is 7.51. The first kappa shape index (κ1) is 24.1. The molecule has 1 heterocycles. The molecule has 1 fully saturated rings. The van der Waals surface area contributed by atoms with Crippen LogP contribution in [0.3, 0.4) is 0 Å². The van der Waals surface area contributed by atoms with Gasteiger partial charge in [-0.25, -0.2) is 8.42 Å². The molecule has 4 rings (SSSR count). The predicted octanol–water partition coefficient (Wildman–Crippen LogP) is 2.65. The molecule has 2 amide bonds. The third-order valence-corrected chi connectivity index (χ3v) is 7.14. The standard InChI is InChI=1S/C25H25N3O6S/c29-24(18-34-23-13-11-22(12-14-23)33-17-19-5-2-1-3-6-19)26-27-25(30)20-7-9-21(10-8-20)28-15-4-16-35(28,31)32/h1-3,5-14H,4,15-18H2,(H,26,29)(H,27,30). The van der Waals surface area contributed by atoms with E-state index < -0.39 is 21.8 Å². The van der Waals surface area contributed by atoms with Crippen LogP contribution in [0.25, 0.3) is 0 Å². The maximum Gasteiger partial charge on any atom is 0.276 e. The molecule has 3 aromatic rings. The first-order chi connectivity index (χ1) is 16.9. The highest BCUT2D eigenvalue weighted by Gasteiger charge is 2.28. The number of sulfonamides is 1. The van der Waals surface area contributed by atoms with E-state index in [0.717, 1.165) is 5.56 Å². The molecule has 1 aliphatic heterocycles. The second-order valence-corrected chi connectivity index (χ2v) is 9.84. The van der Waals surface area contributed by atoms with Crippen molar-refractivity contribution in [1.29, 1.82) is 0 Å². The zero-order valence-electron chi connectivity index (χ0n) is 18.8. The van der Waals surface area contributed by atoms with Gasteiger partial charge in [0.05, 0.1) is 11.4 Å². The Morgan fingerprint density at radius 2 is 1.49 bits per heavy atom. The summed E-state index contributed by atoms with van der Waals surface area (Å²) in [7, 11) is -3.29. The number of hydrogen-bond donors (Lipinski definition) is 2. The van der Waals surface area contributed by atoms with Crippen LogP contribution in [0, 0.1) is 0 Å². The summed E-state index contributed by atoms with van der Waals surface area (Å²) >= 11 is 0. The Bertz CT molecular complexity index is 1260. The van der Waals surface area contributed by atoms with Crippen LogP contribution in [0.2, 0.25) is 0 Å². The van der Waals surface area contributed by atoms with Gasteiger partial charge in [0.15, 0.2) is 6.61 Å². The Balaban J connectivity index is 1.19. The number of nitrogens with zero attached hydrogens (tertiary/aromatic N) is 1. The maximum atomic E-state index is 12.3. The van der Waals surface area contributed by atoms with Crippen molar-refractivity contribution in [3.63, 3.8) is 0 Å². The van der Waals surface area contributed by atoms with Crippen molar-refractivity contribution in [1.82, 2.24) is 10.9 Å². The van der Waals surface area contributed by atoms with Crippen molar-refractivity contribution in [3.8, 4) is 11.5 Å². The summed E-state index contributed by atoms with van der Waals surface area (Å²) in [4.78, 5) is 24.3. The second kappa shape index (κ2) is 10.9. The molecule has 1 saturated heterocycles. The molecule has 9 nitrogen and oxygen atoms in total. The normalized spacial score (nSPS) is 14.2. The average molecular weight is 496 g/mol. The number of carbonyl (C=O) groups excluding carboxylic acids is 2. The van der Waals surface area contributed by atoms with Gasteiger partial charge in [-0.2, -0.15) is 0 Å². The number of benzene rings is 3. The summed E-state index contributed by atoms with van der Waals surface area (Å²) in [5, 5.41) is 0. The summed E-state index contributed by atoms with van der Waals surface area (Å²) in [6.07, 6.45) is 0.574. The molecule has 2 N–H and O–H groups in total. The molecule has 0 saturated carbocycles. The minimum Gasteiger partial charge on any atom is -0.489 e. The molecule has 0 spiro atoms. The van der Waals surface area contributed by atoms with Crippen molar-refractivity contribution in [2.24, 2.45) is 0 Å². The minimum absolute atomic E-state index is 0.121. The molecule has 10 heteroatoms. The maximum absolute atomic E-state index is 12.3. The number of hydrazine groups is 1. The van der Waals surface area contributed by atoms with Crippen LogP contribution < -0.4 is 24.6 Å². The lowest BCUT2D eigenvalue weighted by Gasteiger charge is -2.17. The van der Waals surface area contributed by atoms with E-state index in [1.165, 1.54) is 16.4 Å². The summed E-state index contributed by atoms with van der Waals surface area (Å²) in [5.74, 6) is 0.198. The van der Waals surface area contributed by atoms with Gasteiger partial charge in [-0.1, -0.05) is 30.3 Å². The highest BCUT2D eigenvalue weighted by atomic mass is 32.2. The zero-order chi connectivity index (χ0) is 24.7. The van der Waals surface area contributed by atoms with Gasteiger partial charge in [-0.3, -0.25) is 24.7 Å². The van der Waals surface area contributed by atoms with Crippen molar-refractivity contribution >= 4 is 27.5 Å². The van der Waals surface area contributed by atoms with E-state index in [0.29, 0.717) is 36.8 Å². The molecular weight excluding hydrogens is 470 g/mol. The SMILES string of the molecule is O=C(COc1ccc(OCc2ccccc2)cc1)NNC(=O)c1ccc(N2CCCS2(=O)=O)cc1. The van der Waals surface area contributed by atoms with Crippen LogP contribution in [0.4, 0.5) is 5.69 Å². The van der Waals surface area contributed by atoms with Gasteiger partial charge in [-0.15, -0.1) is 0 Å². The number of carbonyl (C=O) groups is 2. The third-order valence-electron chi connectivity index (χ3n) is 5.27. The van der Waals surface area contributed by atoms with Gasteiger partial charge in [0.25, 0.3) is 11.8 Å². The first-order valence-electron chi connectivity index (χ1n) is 11.0. The van der Waals surface area contributed by atoms with Crippen molar-refractivity contribution in [3.05, 3.63) is 90.0 Å². The number of amides is 2. The van der Waals surface area contributed by atoms with Crippen molar-refractivity contribution < 1.29 is 27.5 Å². The zero-order valence-corrected chi connectivity index (χ0v) is 19.7. The lowest BCUT2D eigenvalue weighted by molar-refractivity contribution is -0.123. The third kappa shape index (κ3) is 6.51. The average Bonchev–Trinajstić information content (AvgIpc) is 3.25. The van der Waals surface area contributed by atoms with Gasteiger partial charge < -0.3 is 9.47 Å². The molecular formula is C25H25N3O6S. The molecule has 1 aliphatic rings. The molecule has 0 bridgehead atoms. The van der Waals surface area contributed by atoms with Gasteiger partial charge >= 0.3 is 0 Å². The summed E-state index contributed by atoms with van der Waals surface area (Å²) in [6, 6.07) is 22.8. The lowest BCUT2D eigenvalue weighted by atomic mass is 10.2. The Morgan fingerprint density at radius 1 is 0.829 bits per heavy atom. The van der Waals surface area contributed by atoms with Crippen molar-refractivity contribution in [2.45, 2.75) is 13.0 Å². The molecule has 0 atom stereocenters. The second-order valence-electron chi connectivity index (χ2n) is 7.83. The Labute approximate surface area is 203 Å².